The molecule has 1 aliphatic rings. The highest BCUT2D eigenvalue weighted by molar-refractivity contribution is 5.95. The minimum atomic E-state index is -0.467. The van der Waals surface area contributed by atoms with Crippen LogP contribution in [-0.4, -0.2) is 110 Å². The SMILES string of the molecule is COC(=O)CCCOCCOCCOCCCCCCOc1cccc([C@H](C)NC(=O)c2cccc(NC3(c4nc(-c5ccncc5)n[nH]4)CCN(C)CC3)c2)c1. The summed E-state index contributed by atoms with van der Waals surface area (Å²) < 4.78 is 27.3. The van der Waals surface area contributed by atoms with Gasteiger partial charge in [0.25, 0.3) is 5.91 Å². The van der Waals surface area contributed by atoms with Crippen molar-refractivity contribution in [2.45, 2.75) is 69.9 Å². The summed E-state index contributed by atoms with van der Waals surface area (Å²) in [5.41, 5.74) is 2.83. The molecule has 0 spiro atoms. The molecular formula is C43H59N7O7. The van der Waals surface area contributed by atoms with Gasteiger partial charge < -0.3 is 39.2 Å². The Hall–Kier alpha value is -4.89. The third kappa shape index (κ3) is 14.2. The molecule has 3 heterocycles. The maximum absolute atomic E-state index is 13.5. The normalized spacial score (nSPS) is 14.5. The molecule has 5 rings (SSSR count). The Morgan fingerprint density at radius 1 is 0.842 bits per heavy atom. The molecule has 2 aromatic carbocycles. The molecule has 0 aliphatic carbocycles. The second-order valence-electron chi connectivity index (χ2n) is 14.4. The second kappa shape index (κ2) is 23.4. The molecule has 14 nitrogen and oxygen atoms in total. The van der Waals surface area contributed by atoms with Crippen molar-refractivity contribution in [3.8, 4) is 17.1 Å². The number of anilines is 1. The van der Waals surface area contributed by atoms with Crippen molar-refractivity contribution in [1.82, 2.24) is 30.4 Å². The summed E-state index contributed by atoms with van der Waals surface area (Å²) in [6, 6.07) is 19.1. The Labute approximate surface area is 336 Å². The number of rotatable bonds is 25. The number of nitrogens with zero attached hydrogens (tertiary/aromatic N) is 4. The molecular weight excluding hydrogens is 727 g/mol. The molecule has 1 fully saturated rings. The van der Waals surface area contributed by atoms with Crippen LogP contribution < -0.4 is 15.4 Å². The van der Waals surface area contributed by atoms with Crippen LogP contribution in [0.5, 0.6) is 5.75 Å². The molecule has 1 aliphatic heterocycles. The number of pyridine rings is 1. The summed E-state index contributed by atoms with van der Waals surface area (Å²) in [4.78, 5) is 35.9. The minimum absolute atomic E-state index is 0.152. The fourth-order valence-corrected chi connectivity index (χ4v) is 6.59. The summed E-state index contributed by atoms with van der Waals surface area (Å²) >= 11 is 0. The molecule has 4 aromatic rings. The first-order valence-corrected chi connectivity index (χ1v) is 20.1. The van der Waals surface area contributed by atoms with Gasteiger partial charge in [-0.3, -0.25) is 19.7 Å². The van der Waals surface area contributed by atoms with E-state index < -0.39 is 5.54 Å². The average Bonchev–Trinajstić information content (AvgIpc) is 3.75. The predicted octanol–water partition coefficient (Wildman–Crippen LogP) is 6.33. The van der Waals surface area contributed by atoms with E-state index in [1.807, 2.05) is 67.6 Å². The van der Waals surface area contributed by atoms with E-state index in [-0.39, 0.29) is 17.9 Å². The Balaban J connectivity index is 0.994. The van der Waals surface area contributed by atoms with Gasteiger partial charge in [0, 0.05) is 61.9 Å². The van der Waals surface area contributed by atoms with Gasteiger partial charge in [-0.25, -0.2) is 4.98 Å². The van der Waals surface area contributed by atoms with E-state index in [1.54, 1.807) is 12.4 Å². The lowest BCUT2D eigenvalue weighted by Crippen LogP contribution is -2.46. The number of methoxy groups -OCH3 is 1. The van der Waals surface area contributed by atoms with E-state index in [0.717, 1.165) is 80.0 Å². The number of hydrogen-bond acceptors (Lipinski definition) is 12. The highest BCUT2D eigenvalue weighted by atomic mass is 16.5. The lowest BCUT2D eigenvalue weighted by atomic mass is 9.86. The van der Waals surface area contributed by atoms with Gasteiger partial charge >= 0.3 is 5.97 Å². The van der Waals surface area contributed by atoms with Gasteiger partial charge in [0.1, 0.15) is 5.75 Å². The molecule has 57 heavy (non-hydrogen) atoms. The van der Waals surface area contributed by atoms with Crippen molar-refractivity contribution in [2.75, 3.05) is 78.8 Å². The van der Waals surface area contributed by atoms with E-state index >= 15 is 0 Å². The minimum Gasteiger partial charge on any atom is -0.494 e. The molecule has 0 radical (unpaired) electrons. The van der Waals surface area contributed by atoms with Crippen molar-refractivity contribution in [2.24, 2.45) is 0 Å². The van der Waals surface area contributed by atoms with Crippen LogP contribution in [0.25, 0.3) is 11.4 Å². The van der Waals surface area contributed by atoms with Crippen LogP contribution >= 0.6 is 0 Å². The first-order chi connectivity index (χ1) is 27.8. The van der Waals surface area contributed by atoms with Gasteiger partial charge in [-0.05, 0) is 101 Å². The monoisotopic (exact) mass is 785 g/mol. The van der Waals surface area contributed by atoms with Crippen LogP contribution in [0.2, 0.25) is 0 Å². The van der Waals surface area contributed by atoms with Gasteiger partial charge in [-0.15, -0.1) is 0 Å². The van der Waals surface area contributed by atoms with Crippen molar-refractivity contribution in [3.63, 3.8) is 0 Å². The molecule has 1 saturated heterocycles. The molecule has 3 N–H and O–H groups in total. The number of H-pyrrole nitrogens is 1. The number of aromatic amines is 1. The fourth-order valence-electron chi connectivity index (χ4n) is 6.59. The van der Waals surface area contributed by atoms with Crippen molar-refractivity contribution in [3.05, 3.63) is 90.0 Å². The topological polar surface area (TPSA) is 162 Å². The smallest absolute Gasteiger partial charge is 0.305 e. The van der Waals surface area contributed by atoms with Crippen LogP contribution in [0.1, 0.15) is 86.1 Å². The zero-order valence-electron chi connectivity index (χ0n) is 33.7. The van der Waals surface area contributed by atoms with E-state index in [2.05, 4.69) is 42.5 Å². The van der Waals surface area contributed by atoms with Gasteiger partial charge in [0.15, 0.2) is 11.6 Å². The maximum atomic E-state index is 13.5. The number of hydrogen-bond donors (Lipinski definition) is 3. The lowest BCUT2D eigenvalue weighted by Gasteiger charge is -2.40. The van der Waals surface area contributed by atoms with E-state index in [1.165, 1.54) is 7.11 Å². The molecule has 0 saturated carbocycles. The van der Waals surface area contributed by atoms with Crippen LogP contribution in [0.4, 0.5) is 5.69 Å². The number of carbonyl (C=O) groups is 2. The number of aromatic nitrogens is 4. The first-order valence-electron chi connectivity index (χ1n) is 20.1. The van der Waals surface area contributed by atoms with Gasteiger partial charge in [0.2, 0.25) is 0 Å². The maximum Gasteiger partial charge on any atom is 0.305 e. The third-order valence-electron chi connectivity index (χ3n) is 10.0. The van der Waals surface area contributed by atoms with Crippen LogP contribution in [-0.2, 0) is 29.3 Å². The number of benzene rings is 2. The molecule has 308 valence electrons. The number of carbonyl (C=O) groups excluding carboxylic acids is 2. The van der Waals surface area contributed by atoms with Crippen molar-refractivity contribution >= 4 is 17.6 Å². The van der Waals surface area contributed by atoms with Crippen molar-refractivity contribution in [1.29, 1.82) is 0 Å². The standard InChI is InChI=1S/C43H59N7O7/c1-33(35-11-9-14-38(32-35)57-26-7-5-4-6-24-54-27-29-56-30-28-55-25-10-15-39(51)53-3)45-41(52)36-12-8-13-37(31-36)47-43(18-22-50(2)23-19-43)42-46-40(48-49-42)34-16-20-44-21-17-34/h8-9,11-14,16-17,20-21,31-33,47H,4-7,10,15,18-19,22-30H2,1-3H3,(H,45,52)(H,46,48,49)/t33-/m0/s1. The summed E-state index contributed by atoms with van der Waals surface area (Å²) in [6.07, 6.45) is 10.2. The Morgan fingerprint density at radius 3 is 2.26 bits per heavy atom. The number of unbranched alkanes of at least 4 members (excludes halogenated alkanes) is 3. The largest absolute Gasteiger partial charge is 0.494 e. The molecule has 0 bridgehead atoms. The zero-order chi connectivity index (χ0) is 40.1. The zero-order valence-corrected chi connectivity index (χ0v) is 33.7. The van der Waals surface area contributed by atoms with E-state index in [4.69, 9.17) is 23.9 Å². The Bertz CT molecular complexity index is 1780. The van der Waals surface area contributed by atoms with E-state index in [9.17, 15) is 9.59 Å². The average molecular weight is 786 g/mol. The van der Waals surface area contributed by atoms with Crippen LogP contribution in [0, 0.1) is 0 Å². The quantitative estimate of drug-likeness (QED) is 0.0507. The van der Waals surface area contributed by atoms with Crippen molar-refractivity contribution < 1.29 is 33.3 Å². The van der Waals surface area contributed by atoms with E-state index in [0.29, 0.717) is 70.5 Å². The summed E-state index contributed by atoms with van der Waals surface area (Å²) in [5.74, 6) is 1.83. The molecule has 1 amide bonds. The van der Waals surface area contributed by atoms with Gasteiger partial charge in [0.05, 0.1) is 51.7 Å². The highest BCUT2D eigenvalue weighted by Crippen LogP contribution is 2.35. The van der Waals surface area contributed by atoms with Gasteiger partial charge in [-0.1, -0.05) is 24.6 Å². The van der Waals surface area contributed by atoms with Gasteiger partial charge in [-0.2, -0.15) is 5.10 Å². The number of nitrogens with one attached hydrogen (secondary N) is 3. The Morgan fingerprint density at radius 2 is 1.53 bits per heavy atom. The number of ether oxygens (including phenoxy) is 5. The number of piperidine rings is 1. The predicted molar refractivity (Wildman–Crippen MR) is 218 cm³/mol. The summed E-state index contributed by atoms with van der Waals surface area (Å²) in [6.45, 7) is 7.72. The van der Waals surface area contributed by atoms with Crippen LogP contribution in [0.3, 0.4) is 0 Å². The Kier molecular flexibility index (Phi) is 17.7. The summed E-state index contributed by atoms with van der Waals surface area (Å²) in [7, 11) is 3.51. The third-order valence-corrected chi connectivity index (χ3v) is 10.0. The first kappa shape index (κ1) is 43.2. The van der Waals surface area contributed by atoms with Crippen LogP contribution in [0.15, 0.2) is 73.1 Å². The lowest BCUT2D eigenvalue weighted by molar-refractivity contribution is -0.141. The molecule has 2 aromatic heterocycles. The number of amides is 1. The highest BCUT2D eigenvalue weighted by Gasteiger charge is 2.39. The number of esters is 1. The molecule has 0 unspecified atom stereocenters. The summed E-state index contributed by atoms with van der Waals surface area (Å²) in [5, 5.41) is 14.7. The molecule has 14 heteroatoms. The fraction of sp³-hybridized carbons (Fsp3) is 0.512. The number of likely N-dealkylation sites (tertiary alicyclic amines) is 1. The second-order valence-corrected chi connectivity index (χ2v) is 14.4. The molecule has 1 atom stereocenters.